The topological polar surface area (TPSA) is 50.4 Å². The van der Waals surface area contributed by atoms with Crippen LogP contribution in [0.5, 0.6) is 5.75 Å². The summed E-state index contributed by atoms with van der Waals surface area (Å²) in [5, 5.41) is 0.548. The van der Waals surface area contributed by atoms with Gasteiger partial charge in [-0.15, -0.1) is 0 Å². The number of ether oxygens (including phenoxy) is 1. The van der Waals surface area contributed by atoms with Crippen LogP contribution in [-0.2, 0) is 4.79 Å². The predicted molar refractivity (Wildman–Crippen MR) is 58.8 cm³/mol. The van der Waals surface area contributed by atoms with E-state index in [9.17, 15) is 4.79 Å². The van der Waals surface area contributed by atoms with Crippen LogP contribution < -0.4 is 15.6 Å². The Morgan fingerprint density at radius 1 is 1.47 bits per heavy atom. The fourth-order valence-electron chi connectivity index (χ4n) is 1.02. The molecule has 0 aliphatic rings. The fraction of sp³-hybridized carbons (Fsp3) is 0.300. The highest BCUT2D eigenvalue weighted by Crippen LogP contribution is 2.22. The van der Waals surface area contributed by atoms with E-state index < -0.39 is 0 Å². The van der Waals surface area contributed by atoms with Crippen molar-refractivity contribution < 1.29 is 9.53 Å². The molecule has 0 unspecified atom stereocenters. The standard InChI is InChI=1S/C10H13ClN2O2/c1-12-13-10(14)6-7-15-9-5-3-2-4-8(9)11/h2-5,12H,6-7H2,1H3,(H,13,14). The molecule has 0 saturated heterocycles. The highest BCUT2D eigenvalue weighted by atomic mass is 35.5. The van der Waals surface area contributed by atoms with Crippen LogP contribution >= 0.6 is 11.6 Å². The van der Waals surface area contributed by atoms with Crippen molar-refractivity contribution in [3.05, 3.63) is 29.3 Å². The Morgan fingerprint density at radius 2 is 2.20 bits per heavy atom. The highest BCUT2D eigenvalue weighted by molar-refractivity contribution is 6.32. The Kier molecular flexibility index (Phi) is 4.93. The van der Waals surface area contributed by atoms with Crippen molar-refractivity contribution in [3.63, 3.8) is 0 Å². The predicted octanol–water partition coefficient (Wildman–Crippen LogP) is 1.36. The van der Waals surface area contributed by atoms with Crippen LogP contribution in [0.3, 0.4) is 0 Å². The average molecular weight is 229 g/mol. The molecule has 0 saturated carbocycles. The maximum atomic E-state index is 11.0. The molecule has 1 aromatic rings. The zero-order valence-electron chi connectivity index (χ0n) is 8.42. The minimum absolute atomic E-state index is 0.121. The van der Waals surface area contributed by atoms with Crippen molar-refractivity contribution in [2.75, 3.05) is 13.7 Å². The average Bonchev–Trinajstić information content (AvgIpc) is 2.21. The third kappa shape index (κ3) is 4.18. The summed E-state index contributed by atoms with van der Waals surface area (Å²) in [7, 11) is 1.63. The van der Waals surface area contributed by atoms with Gasteiger partial charge in [0.15, 0.2) is 0 Å². The molecule has 0 aromatic heterocycles. The first-order valence-corrected chi connectivity index (χ1v) is 4.94. The van der Waals surface area contributed by atoms with Gasteiger partial charge >= 0.3 is 0 Å². The first-order valence-electron chi connectivity index (χ1n) is 4.57. The van der Waals surface area contributed by atoms with E-state index in [0.29, 0.717) is 17.4 Å². The Labute approximate surface area is 93.5 Å². The first-order chi connectivity index (χ1) is 7.24. The van der Waals surface area contributed by atoms with Crippen LogP contribution in [-0.4, -0.2) is 19.6 Å². The van der Waals surface area contributed by atoms with Gasteiger partial charge < -0.3 is 4.74 Å². The second-order valence-corrected chi connectivity index (χ2v) is 3.23. The minimum Gasteiger partial charge on any atom is -0.491 e. The van der Waals surface area contributed by atoms with Crippen LogP contribution in [0.2, 0.25) is 5.02 Å². The third-order valence-electron chi connectivity index (χ3n) is 1.69. The molecule has 5 heteroatoms. The van der Waals surface area contributed by atoms with E-state index in [1.54, 1.807) is 19.2 Å². The van der Waals surface area contributed by atoms with Crippen LogP contribution in [0, 0.1) is 0 Å². The van der Waals surface area contributed by atoms with Gasteiger partial charge in [-0.05, 0) is 12.1 Å². The zero-order chi connectivity index (χ0) is 11.1. The summed E-state index contributed by atoms with van der Waals surface area (Å²) in [5.41, 5.74) is 4.99. The largest absolute Gasteiger partial charge is 0.491 e. The Balaban J connectivity index is 2.32. The number of para-hydroxylation sites is 1. The highest BCUT2D eigenvalue weighted by Gasteiger charge is 2.02. The molecule has 0 aliphatic carbocycles. The van der Waals surface area contributed by atoms with Gasteiger partial charge in [0, 0.05) is 7.05 Å². The van der Waals surface area contributed by atoms with Gasteiger partial charge in [-0.3, -0.25) is 10.2 Å². The molecule has 0 bridgehead atoms. The van der Waals surface area contributed by atoms with Crippen molar-refractivity contribution in [1.82, 2.24) is 10.9 Å². The summed E-state index contributed by atoms with van der Waals surface area (Å²) in [6.45, 7) is 0.303. The van der Waals surface area contributed by atoms with Crippen LogP contribution in [0.4, 0.5) is 0 Å². The van der Waals surface area contributed by atoms with Gasteiger partial charge in [-0.2, -0.15) is 0 Å². The van der Waals surface area contributed by atoms with Crippen molar-refractivity contribution in [3.8, 4) is 5.75 Å². The summed E-state index contributed by atoms with van der Waals surface area (Å²) in [6, 6.07) is 7.15. The molecule has 1 amide bonds. The smallest absolute Gasteiger partial charge is 0.237 e. The number of benzene rings is 1. The maximum Gasteiger partial charge on any atom is 0.237 e. The second-order valence-electron chi connectivity index (χ2n) is 2.83. The molecule has 0 fully saturated rings. The summed E-state index contributed by atoms with van der Waals surface area (Å²) < 4.78 is 5.33. The molecule has 0 aliphatic heterocycles. The Morgan fingerprint density at radius 3 is 2.87 bits per heavy atom. The molecule has 0 heterocycles. The van der Waals surface area contributed by atoms with E-state index in [1.165, 1.54) is 0 Å². The lowest BCUT2D eigenvalue weighted by atomic mass is 10.3. The van der Waals surface area contributed by atoms with Gasteiger partial charge in [-0.25, -0.2) is 5.43 Å². The first kappa shape index (κ1) is 11.8. The molecule has 0 atom stereocenters. The molecule has 15 heavy (non-hydrogen) atoms. The zero-order valence-corrected chi connectivity index (χ0v) is 9.17. The molecule has 2 N–H and O–H groups in total. The van der Waals surface area contributed by atoms with E-state index >= 15 is 0 Å². The maximum absolute atomic E-state index is 11.0. The van der Waals surface area contributed by atoms with E-state index in [2.05, 4.69) is 10.9 Å². The molecule has 0 radical (unpaired) electrons. The van der Waals surface area contributed by atoms with Crippen LogP contribution in [0.25, 0.3) is 0 Å². The van der Waals surface area contributed by atoms with Crippen LogP contribution in [0.15, 0.2) is 24.3 Å². The number of carbonyl (C=O) groups is 1. The summed E-state index contributed by atoms with van der Waals surface area (Å²) in [6.07, 6.45) is 0.284. The number of nitrogens with one attached hydrogen (secondary N) is 2. The summed E-state index contributed by atoms with van der Waals surface area (Å²) in [5.74, 6) is 0.473. The van der Waals surface area contributed by atoms with E-state index in [0.717, 1.165) is 0 Å². The van der Waals surface area contributed by atoms with E-state index in [-0.39, 0.29) is 12.3 Å². The molecule has 0 spiro atoms. The molecule has 1 rings (SSSR count). The van der Waals surface area contributed by atoms with Gasteiger partial charge in [0.05, 0.1) is 18.1 Å². The van der Waals surface area contributed by atoms with E-state index in [1.807, 2.05) is 12.1 Å². The van der Waals surface area contributed by atoms with Gasteiger partial charge in [-0.1, -0.05) is 23.7 Å². The number of carbonyl (C=O) groups excluding carboxylic acids is 1. The van der Waals surface area contributed by atoms with Crippen molar-refractivity contribution in [2.24, 2.45) is 0 Å². The number of hydrogen-bond acceptors (Lipinski definition) is 3. The molecule has 4 nitrogen and oxygen atoms in total. The van der Waals surface area contributed by atoms with Crippen molar-refractivity contribution >= 4 is 17.5 Å². The SMILES string of the molecule is CNNC(=O)CCOc1ccccc1Cl. The number of amides is 1. The number of rotatable bonds is 5. The number of hydrogen-bond donors (Lipinski definition) is 2. The van der Waals surface area contributed by atoms with Gasteiger partial charge in [0.2, 0.25) is 5.91 Å². The molecular weight excluding hydrogens is 216 g/mol. The summed E-state index contributed by atoms with van der Waals surface area (Å²) >= 11 is 5.86. The molecular formula is C10H13ClN2O2. The summed E-state index contributed by atoms with van der Waals surface area (Å²) in [4.78, 5) is 11.0. The van der Waals surface area contributed by atoms with Crippen molar-refractivity contribution in [2.45, 2.75) is 6.42 Å². The quantitative estimate of drug-likeness (QED) is 0.749. The minimum atomic E-state index is -0.121. The fourth-order valence-corrected chi connectivity index (χ4v) is 1.21. The molecule has 82 valence electrons. The van der Waals surface area contributed by atoms with E-state index in [4.69, 9.17) is 16.3 Å². The van der Waals surface area contributed by atoms with Crippen molar-refractivity contribution in [1.29, 1.82) is 0 Å². The lowest BCUT2D eigenvalue weighted by molar-refractivity contribution is -0.122. The third-order valence-corrected chi connectivity index (χ3v) is 2.00. The van der Waals surface area contributed by atoms with Gasteiger partial charge in [0.1, 0.15) is 5.75 Å². The van der Waals surface area contributed by atoms with Gasteiger partial charge in [0.25, 0.3) is 0 Å². The molecule has 1 aromatic carbocycles. The monoisotopic (exact) mass is 228 g/mol. The number of hydrazine groups is 1. The normalized spacial score (nSPS) is 9.73. The lowest BCUT2D eigenvalue weighted by Crippen LogP contribution is -2.34. The lowest BCUT2D eigenvalue weighted by Gasteiger charge is -2.07. The van der Waals surface area contributed by atoms with Crippen LogP contribution in [0.1, 0.15) is 6.42 Å². The number of halogens is 1. The Bertz CT molecular complexity index is 331. The second kappa shape index (κ2) is 6.27. The Hall–Kier alpha value is -1.26.